The van der Waals surface area contributed by atoms with E-state index in [1.165, 1.54) is 0 Å². The molecule has 132 valence electrons. The molecule has 0 amide bonds. The number of ether oxygens (including phenoxy) is 1. The molecule has 1 atom stereocenters. The van der Waals surface area contributed by atoms with E-state index in [0.29, 0.717) is 16.9 Å². The molecule has 5 heteroatoms. The van der Waals surface area contributed by atoms with Gasteiger partial charge in [-0.3, -0.25) is 0 Å². The van der Waals surface area contributed by atoms with Gasteiger partial charge in [-0.1, -0.05) is 51.0 Å². The number of sulfonamides is 1. The van der Waals surface area contributed by atoms with E-state index in [4.69, 9.17) is 4.74 Å². The lowest BCUT2D eigenvalue weighted by Crippen LogP contribution is -2.32. The first-order valence-electron chi connectivity index (χ1n) is 8.66. The van der Waals surface area contributed by atoms with Crippen LogP contribution in [0.4, 0.5) is 0 Å². The second kappa shape index (κ2) is 8.49. The minimum atomic E-state index is -3.55. The van der Waals surface area contributed by atoms with Crippen LogP contribution in [0.25, 0.3) is 10.8 Å². The predicted molar refractivity (Wildman–Crippen MR) is 99.0 cm³/mol. The largest absolute Gasteiger partial charge is 0.493 e. The molecule has 1 N–H and O–H groups in total. The van der Waals surface area contributed by atoms with Gasteiger partial charge in [-0.2, -0.15) is 0 Å². The van der Waals surface area contributed by atoms with Crippen molar-refractivity contribution in [1.82, 2.24) is 4.72 Å². The van der Waals surface area contributed by atoms with Crippen molar-refractivity contribution in [3.05, 3.63) is 36.4 Å². The molecule has 2 rings (SSSR count). The fourth-order valence-electron chi connectivity index (χ4n) is 2.55. The molecule has 0 fully saturated rings. The van der Waals surface area contributed by atoms with Crippen LogP contribution < -0.4 is 9.46 Å². The lowest BCUT2D eigenvalue weighted by atomic mass is 10.1. The molecular weight excluding hydrogens is 322 g/mol. The summed E-state index contributed by atoms with van der Waals surface area (Å²) in [5.74, 6) is 0.740. The van der Waals surface area contributed by atoms with Crippen LogP contribution in [-0.2, 0) is 10.0 Å². The Kier molecular flexibility index (Phi) is 6.63. The fourth-order valence-corrected chi connectivity index (χ4v) is 4.09. The molecule has 0 saturated carbocycles. The highest BCUT2D eigenvalue weighted by molar-refractivity contribution is 7.89. The van der Waals surface area contributed by atoms with E-state index in [1.807, 2.05) is 38.1 Å². The number of fused-ring (bicyclic) bond motifs is 1. The summed E-state index contributed by atoms with van der Waals surface area (Å²) in [6.45, 7) is 6.62. The van der Waals surface area contributed by atoms with Crippen LogP contribution in [0.3, 0.4) is 0 Å². The van der Waals surface area contributed by atoms with E-state index in [0.717, 1.165) is 36.8 Å². The minimum absolute atomic E-state index is 0.0984. The van der Waals surface area contributed by atoms with Crippen LogP contribution in [0.15, 0.2) is 41.3 Å². The summed E-state index contributed by atoms with van der Waals surface area (Å²) >= 11 is 0. The molecule has 0 bridgehead atoms. The molecule has 24 heavy (non-hydrogen) atoms. The van der Waals surface area contributed by atoms with Gasteiger partial charge in [0, 0.05) is 16.8 Å². The summed E-state index contributed by atoms with van der Waals surface area (Å²) in [6.07, 6.45) is 4.02. The third-order valence-electron chi connectivity index (χ3n) is 4.11. The zero-order valence-electron chi connectivity index (χ0n) is 14.7. The summed E-state index contributed by atoms with van der Waals surface area (Å²) in [4.78, 5) is 0.305. The van der Waals surface area contributed by atoms with Crippen molar-refractivity contribution in [3.8, 4) is 5.75 Å². The van der Waals surface area contributed by atoms with Crippen molar-refractivity contribution in [2.75, 3.05) is 6.61 Å². The average Bonchev–Trinajstić information content (AvgIpc) is 2.58. The van der Waals surface area contributed by atoms with E-state index >= 15 is 0 Å². The molecule has 2 aromatic carbocycles. The third-order valence-corrected chi connectivity index (χ3v) is 5.76. The Morgan fingerprint density at radius 3 is 2.42 bits per heavy atom. The van der Waals surface area contributed by atoms with Gasteiger partial charge < -0.3 is 4.74 Å². The van der Waals surface area contributed by atoms with Crippen molar-refractivity contribution in [1.29, 1.82) is 0 Å². The average molecular weight is 349 g/mol. The molecule has 0 aliphatic rings. The van der Waals surface area contributed by atoms with Gasteiger partial charge in [-0.25, -0.2) is 13.1 Å². The van der Waals surface area contributed by atoms with Crippen molar-refractivity contribution in [2.24, 2.45) is 0 Å². The molecule has 0 aliphatic heterocycles. The first-order chi connectivity index (χ1) is 11.5. The van der Waals surface area contributed by atoms with Gasteiger partial charge in [-0.05, 0) is 31.9 Å². The Labute approximate surface area is 145 Å². The van der Waals surface area contributed by atoms with Crippen LogP contribution in [0.5, 0.6) is 5.75 Å². The number of unbranched alkanes of at least 4 members (excludes halogenated alkanes) is 2. The first-order valence-corrected chi connectivity index (χ1v) is 10.1. The van der Waals surface area contributed by atoms with Crippen LogP contribution in [0, 0.1) is 0 Å². The summed E-state index contributed by atoms with van der Waals surface area (Å²) in [5.41, 5.74) is 0. The van der Waals surface area contributed by atoms with Gasteiger partial charge in [0.2, 0.25) is 10.0 Å². The smallest absolute Gasteiger partial charge is 0.241 e. The fraction of sp³-hybridized carbons (Fsp3) is 0.474. The number of hydrogen-bond acceptors (Lipinski definition) is 3. The van der Waals surface area contributed by atoms with Crippen molar-refractivity contribution < 1.29 is 13.2 Å². The molecule has 0 saturated heterocycles. The number of rotatable bonds is 9. The highest BCUT2D eigenvalue weighted by Crippen LogP contribution is 2.31. The van der Waals surface area contributed by atoms with Gasteiger partial charge in [0.25, 0.3) is 0 Å². The Morgan fingerprint density at radius 1 is 1.04 bits per heavy atom. The van der Waals surface area contributed by atoms with Crippen molar-refractivity contribution in [2.45, 2.75) is 57.4 Å². The lowest BCUT2D eigenvalue weighted by molar-refractivity contribution is 0.309. The normalized spacial score (nSPS) is 13.1. The van der Waals surface area contributed by atoms with Crippen LogP contribution in [0.2, 0.25) is 0 Å². The molecule has 0 aliphatic carbocycles. The molecular formula is C19H27NO3S. The summed E-state index contributed by atoms with van der Waals surface area (Å²) in [5, 5.41) is 1.53. The molecule has 0 aromatic heterocycles. The van der Waals surface area contributed by atoms with E-state index in [-0.39, 0.29) is 6.04 Å². The molecule has 0 unspecified atom stereocenters. The topological polar surface area (TPSA) is 55.4 Å². The van der Waals surface area contributed by atoms with Crippen LogP contribution in [0.1, 0.15) is 46.5 Å². The van der Waals surface area contributed by atoms with Crippen LogP contribution >= 0.6 is 0 Å². The van der Waals surface area contributed by atoms with E-state index in [1.54, 1.807) is 12.1 Å². The number of nitrogens with one attached hydrogen (secondary N) is 1. The van der Waals surface area contributed by atoms with E-state index < -0.39 is 10.0 Å². The molecule has 4 nitrogen and oxygen atoms in total. The summed E-state index contributed by atoms with van der Waals surface area (Å²) < 4.78 is 33.9. The van der Waals surface area contributed by atoms with Gasteiger partial charge in [0.15, 0.2) is 0 Å². The number of benzene rings is 2. The van der Waals surface area contributed by atoms with Gasteiger partial charge in [0.1, 0.15) is 5.75 Å². The molecule has 2 aromatic rings. The molecule has 0 spiro atoms. The third kappa shape index (κ3) is 4.48. The maximum absolute atomic E-state index is 12.7. The van der Waals surface area contributed by atoms with Gasteiger partial charge >= 0.3 is 0 Å². The summed E-state index contributed by atoms with van der Waals surface area (Å²) in [6, 6.07) is 10.8. The second-order valence-electron chi connectivity index (χ2n) is 6.09. The van der Waals surface area contributed by atoms with Gasteiger partial charge in [0.05, 0.1) is 11.5 Å². The van der Waals surface area contributed by atoms with E-state index in [9.17, 15) is 8.42 Å². The summed E-state index contributed by atoms with van der Waals surface area (Å²) in [7, 11) is -3.55. The van der Waals surface area contributed by atoms with E-state index in [2.05, 4.69) is 11.6 Å². The SMILES string of the molecule is CCCCCOc1ccc(S(=O)(=O)N[C@H](C)CC)c2ccccc12. The maximum Gasteiger partial charge on any atom is 0.241 e. The first kappa shape index (κ1) is 18.7. The monoisotopic (exact) mass is 349 g/mol. The van der Waals surface area contributed by atoms with Gasteiger partial charge in [-0.15, -0.1) is 0 Å². The predicted octanol–water partition coefficient (Wildman–Crippen LogP) is 4.49. The second-order valence-corrected chi connectivity index (χ2v) is 7.78. The zero-order valence-corrected chi connectivity index (χ0v) is 15.5. The molecule has 0 heterocycles. The Morgan fingerprint density at radius 2 is 1.75 bits per heavy atom. The highest BCUT2D eigenvalue weighted by Gasteiger charge is 2.20. The standard InChI is InChI=1S/C19H27NO3S/c1-4-6-9-14-23-18-12-13-19(17-11-8-7-10-16(17)18)24(21,22)20-15(3)5-2/h7-8,10-13,15,20H,4-6,9,14H2,1-3H3/t15-/m1/s1. The quantitative estimate of drug-likeness (QED) is 0.679. The Hall–Kier alpha value is -1.59. The maximum atomic E-state index is 12.7. The van der Waals surface area contributed by atoms with Crippen LogP contribution in [-0.4, -0.2) is 21.1 Å². The lowest BCUT2D eigenvalue weighted by Gasteiger charge is -2.16. The number of hydrogen-bond donors (Lipinski definition) is 1. The minimum Gasteiger partial charge on any atom is -0.493 e. The highest BCUT2D eigenvalue weighted by atomic mass is 32.2. The Balaban J connectivity index is 2.37. The zero-order chi connectivity index (χ0) is 17.6. The van der Waals surface area contributed by atoms with Crippen molar-refractivity contribution >= 4 is 20.8 Å². The van der Waals surface area contributed by atoms with Crippen molar-refractivity contribution in [3.63, 3.8) is 0 Å². The Bertz CT molecular complexity index is 771. The molecule has 0 radical (unpaired) electrons.